The fraction of sp³-hybridized carbons (Fsp3) is 0.450. The van der Waals surface area contributed by atoms with Gasteiger partial charge in [-0.3, -0.25) is 4.79 Å². The first-order valence-electron chi connectivity index (χ1n) is 9.58. The van der Waals surface area contributed by atoms with Crippen LogP contribution in [0, 0.1) is 10.5 Å². The molecule has 148 valence electrons. The molecule has 1 amide bonds. The maximum atomic E-state index is 12.8. The van der Waals surface area contributed by atoms with E-state index < -0.39 is 0 Å². The van der Waals surface area contributed by atoms with Crippen LogP contribution >= 0.6 is 22.6 Å². The van der Waals surface area contributed by atoms with Crippen LogP contribution in [0.15, 0.2) is 30.3 Å². The number of piperazine rings is 1. The maximum Gasteiger partial charge on any atom is 0.254 e. The zero-order chi connectivity index (χ0) is 19.5. The van der Waals surface area contributed by atoms with Gasteiger partial charge in [-0.2, -0.15) is 4.98 Å². The van der Waals surface area contributed by atoms with E-state index >= 15 is 0 Å². The lowest BCUT2D eigenvalue weighted by molar-refractivity contribution is 0.0746. The molecule has 0 radical (unpaired) electrons. The number of ether oxygens (including phenoxy) is 1. The first-order chi connectivity index (χ1) is 13.6. The van der Waals surface area contributed by atoms with Crippen molar-refractivity contribution >= 4 is 40.3 Å². The SMILES string of the molecule is Cc1cc(N2CCOCC2)nc(N2CCN(C(=O)c3cccc(I)c3)CC2)n1. The van der Waals surface area contributed by atoms with Crippen molar-refractivity contribution in [1.82, 2.24) is 14.9 Å². The Morgan fingerprint density at radius 2 is 1.75 bits per heavy atom. The van der Waals surface area contributed by atoms with Gasteiger partial charge in [-0.25, -0.2) is 4.98 Å². The number of carbonyl (C=O) groups excluding carboxylic acids is 1. The van der Waals surface area contributed by atoms with Gasteiger partial charge in [0.05, 0.1) is 13.2 Å². The van der Waals surface area contributed by atoms with Gasteiger partial charge in [0.15, 0.2) is 0 Å². The Hall–Kier alpha value is -1.94. The smallest absolute Gasteiger partial charge is 0.254 e. The van der Waals surface area contributed by atoms with Crippen LogP contribution in [-0.4, -0.2) is 73.3 Å². The Balaban J connectivity index is 1.43. The molecule has 2 aliphatic heterocycles. The Morgan fingerprint density at radius 3 is 2.46 bits per heavy atom. The molecule has 3 heterocycles. The number of hydrogen-bond acceptors (Lipinski definition) is 6. The second-order valence-electron chi connectivity index (χ2n) is 7.06. The normalized spacial score (nSPS) is 17.7. The van der Waals surface area contributed by atoms with Crippen molar-refractivity contribution in [2.75, 3.05) is 62.3 Å². The number of nitrogens with zero attached hydrogens (tertiary/aromatic N) is 5. The summed E-state index contributed by atoms with van der Waals surface area (Å²) in [5.41, 5.74) is 1.71. The van der Waals surface area contributed by atoms with Crippen LogP contribution in [0.4, 0.5) is 11.8 Å². The predicted octanol–water partition coefficient (Wildman–Crippen LogP) is 2.19. The van der Waals surface area contributed by atoms with Gasteiger partial charge in [-0.05, 0) is 47.7 Å². The minimum absolute atomic E-state index is 0.0948. The summed E-state index contributed by atoms with van der Waals surface area (Å²) >= 11 is 2.24. The average molecular weight is 493 g/mol. The van der Waals surface area contributed by atoms with Crippen molar-refractivity contribution in [3.63, 3.8) is 0 Å². The zero-order valence-corrected chi connectivity index (χ0v) is 18.1. The lowest BCUT2D eigenvalue weighted by atomic mass is 10.2. The van der Waals surface area contributed by atoms with Crippen molar-refractivity contribution in [1.29, 1.82) is 0 Å². The van der Waals surface area contributed by atoms with Crippen LogP contribution in [0.5, 0.6) is 0 Å². The van der Waals surface area contributed by atoms with Crippen molar-refractivity contribution < 1.29 is 9.53 Å². The van der Waals surface area contributed by atoms with E-state index in [0.717, 1.165) is 66.0 Å². The third kappa shape index (κ3) is 4.38. The summed E-state index contributed by atoms with van der Waals surface area (Å²) in [6.07, 6.45) is 0. The molecule has 2 saturated heterocycles. The van der Waals surface area contributed by atoms with E-state index in [4.69, 9.17) is 9.72 Å². The predicted molar refractivity (Wildman–Crippen MR) is 117 cm³/mol. The molecule has 28 heavy (non-hydrogen) atoms. The quantitative estimate of drug-likeness (QED) is 0.612. The molecule has 7 nitrogen and oxygen atoms in total. The fourth-order valence-electron chi connectivity index (χ4n) is 3.55. The molecule has 4 rings (SSSR count). The maximum absolute atomic E-state index is 12.8. The minimum atomic E-state index is 0.0948. The molecule has 0 N–H and O–H groups in total. The minimum Gasteiger partial charge on any atom is -0.378 e. The summed E-state index contributed by atoms with van der Waals surface area (Å²) in [4.78, 5) is 28.6. The molecular weight excluding hydrogens is 469 g/mol. The van der Waals surface area contributed by atoms with Crippen molar-refractivity contribution in [3.8, 4) is 0 Å². The molecule has 0 bridgehead atoms. The van der Waals surface area contributed by atoms with E-state index in [1.807, 2.05) is 42.2 Å². The first kappa shape index (κ1) is 19.4. The summed E-state index contributed by atoms with van der Waals surface area (Å²) in [5, 5.41) is 0. The Labute approximate surface area is 178 Å². The second kappa shape index (κ2) is 8.60. The number of amides is 1. The molecule has 1 aromatic heterocycles. The zero-order valence-electron chi connectivity index (χ0n) is 16.0. The fourth-order valence-corrected chi connectivity index (χ4v) is 4.09. The highest BCUT2D eigenvalue weighted by molar-refractivity contribution is 14.1. The second-order valence-corrected chi connectivity index (χ2v) is 8.30. The third-order valence-corrected chi connectivity index (χ3v) is 5.76. The van der Waals surface area contributed by atoms with E-state index in [1.54, 1.807) is 0 Å². The van der Waals surface area contributed by atoms with Gasteiger partial charge in [-0.1, -0.05) is 6.07 Å². The summed E-state index contributed by atoms with van der Waals surface area (Å²) < 4.78 is 6.52. The monoisotopic (exact) mass is 493 g/mol. The van der Waals surface area contributed by atoms with Crippen molar-refractivity contribution in [2.45, 2.75) is 6.92 Å². The largest absolute Gasteiger partial charge is 0.378 e. The third-order valence-electron chi connectivity index (χ3n) is 5.09. The number of benzene rings is 1. The average Bonchev–Trinajstić information content (AvgIpc) is 2.73. The van der Waals surface area contributed by atoms with Gasteiger partial charge in [0.25, 0.3) is 5.91 Å². The molecule has 0 atom stereocenters. The molecule has 0 spiro atoms. The Bertz CT molecular complexity index is 848. The van der Waals surface area contributed by atoms with Gasteiger partial charge in [-0.15, -0.1) is 0 Å². The topological polar surface area (TPSA) is 61.8 Å². The number of rotatable bonds is 3. The van der Waals surface area contributed by atoms with Crippen LogP contribution in [0.3, 0.4) is 0 Å². The Morgan fingerprint density at radius 1 is 1.00 bits per heavy atom. The van der Waals surface area contributed by atoms with Crippen LogP contribution < -0.4 is 9.80 Å². The van der Waals surface area contributed by atoms with Crippen molar-refractivity contribution in [3.05, 3.63) is 45.2 Å². The van der Waals surface area contributed by atoms with E-state index in [2.05, 4.69) is 37.4 Å². The summed E-state index contributed by atoms with van der Waals surface area (Å²) in [5.74, 6) is 1.81. The van der Waals surface area contributed by atoms with Crippen LogP contribution in [0.25, 0.3) is 0 Å². The number of aryl methyl sites for hydroxylation is 1. The number of halogens is 1. The number of hydrogen-bond donors (Lipinski definition) is 0. The molecule has 0 aliphatic carbocycles. The van der Waals surface area contributed by atoms with Crippen LogP contribution in [0.2, 0.25) is 0 Å². The van der Waals surface area contributed by atoms with E-state index in [1.165, 1.54) is 0 Å². The van der Waals surface area contributed by atoms with Gasteiger partial charge in [0.2, 0.25) is 5.95 Å². The molecule has 2 aliphatic rings. The Kier molecular flexibility index (Phi) is 5.96. The van der Waals surface area contributed by atoms with E-state index in [-0.39, 0.29) is 5.91 Å². The number of anilines is 2. The lowest BCUT2D eigenvalue weighted by Gasteiger charge is -2.35. The highest BCUT2D eigenvalue weighted by Crippen LogP contribution is 2.20. The number of morpholine rings is 1. The molecule has 0 saturated carbocycles. The summed E-state index contributed by atoms with van der Waals surface area (Å²) in [6, 6.07) is 9.78. The lowest BCUT2D eigenvalue weighted by Crippen LogP contribution is -2.49. The van der Waals surface area contributed by atoms with Gasteiger partial charge in [0.1, 0.15) is 5.82 Å². The summed E-state index contributed by atoms with van der Waals surface area (Å²) in [6.45, 7) is 8.01. The first-order valence-corrected chi connectivity index (χ1v) is 10.7. The van der Waals surface area contributed by atoms with E-state index in [0.29, 0.717) is 13.1 Å². The molecule has 2 fully saturated rings. The highest BCUT2D eigenvalue weighted by Gasteiger charge is 2.24. The van der Waals surface area contributed by atoms with Crippen molar-refractivity contribution in [2.24, 2.45) is 0 Å². The number of aromatic nitrogens is 2. The van der Waals surface area contributed by atoms with Gasteiger partial charge < -0.3 is 19.4 Å². The van der Waals surface area contributed by atoms with E-state index in [9.17, 15) is 4.79 Å². The number of carbonyl (C=O) groups is 1. The molecule has 2 aromatic rings. The van der Waals surface area contributed by atoms with Crippen LogP contribution in [-0.2, 0) is 4.74 Å². The summed E-state index contributed by atoms with van der Waals surface area (Å²) in [7, 11) is 0. The standard InChI is InChI=1S/C20H24IN5O2/c1-15-13-18(24-9-11-28-12-10-24)23-20(22-15)26-7-5-25(6-8-26)19(27)16-3-2-4-17(21)14-16/h2-4,13-14H,5-12H2,1H3. The molecule has 8 heteroatoms. The molecule has 1 aromatic carbocycles. The highest BCUT2D eigenvalue weighted by atomic mass is 127. The van der Waals surface area contributed by atoms with Gasteiger partial charge >= 0.3 is 0 Å². The van der Waals surface area contributed by atoms with Crippen LogP contribution in [0.1, 0.15) is 16.1 Å². The molecule has 0 unspecified atom stereocenters. The van der Waals surface area contributed by atoms with Gasteiger partial charge in [0, 0.05) is 60.2 Å². The molecular formula is C20H24IN5O2.